The fourth-order valence-electron chi connectivity index (χ4n) is 2.50. The Balaban J connectivity index is 1.89. The average Bonchev–Trinajstić information content (AvgIpc) is 2.99. The van der Waals surface area contributed by atoms with Crippen LogP contribution in [0.5, 0.6) is 0 Å². The van der Waals surface area contributed by atoms with E-state index in [1.165, 1.54) is 4.88 Å². The highest BCUT2D eigenvalue weighted by Crippen LogP contribution is 2.29. The molecule has 2 aromatic heterocycles. The highest BCUT2D eigenvalue weighted by molar-refractivity contribution is 7.09. The fourth-order valence-corrected chi connectivity index (χ4v) is 3.48. The Morgan fingerprint density at radius 2 is 2.47 bits per heavy atom. The van der Waals surface area contributed by atoms with Crippen LogP contribution in [-0.2, 0) is 24.2 Å². The first-order valence-corrected chi connectivity index (χ1v) is 7.40. The number of hydrogen-bond acceptors (Lipinski definition) is 3. The Kier molecular flexibility index (Phi) is 3.33. The molecule has 4 nitrogen and oxygen atoms in total. The van der Waals surface area contributed by atoms with Crippen molar-refractivity contribution < 1.29 is 9.90 Å². The standard InChI is InChI=1S/C13H13ClN2O2S/c14-12-10-6-8(13(17)18)3-4-16(10)11(15-12)7-9-2-1-5-19-9/h1-2,5,8H,3-4,6-7H2,(H,17,18). The molecule has 3 heterocycles. The molecule has 1 aliphatic rings. The van der Waals surface area contributed by atoms with Gasteiger partial charge in [0.2, 0.25) is 0 Å². The van der Waals surface area contributed by atoms with E-state index in [2.05, 4.69) is 15.6 Å². The lowest BCUT2D eigenvalue weighted by molar-refractivity contribution is -0.142. The van der Waals surface area contributed by atoms with E-state index < -0.39 is 5.97 Å². The number of hydrogen-bond donors (Lipinski definition) is 1. The molecular formula is C13H13ClN2O2S. The number of carboxylic acid groups (broad SMARTS) is 1. The Hall–Kier alpha value is -1.33. The monoisotopic (exact) mass is 296 g/mol. The van der Waals surface area contributed by atoms with E-state index in [4.69, 9.17) is 16.7 Å². The van der Waals surface area contributed by atoms with Gasteiger partial charge in [-0.3, -0.25) is 4.79 Å². The van der Waals surface area contributed by atoms with Crippen molar-refractivity contribution in [3.05, 3.63) is 39.1 Å². The molecule has 0 bridgehead atoms. The molecule has 0 saturated carbocycles. The van der Waals surface area contributed by atoms with Crippen LogP contribution in [0.1, 0.15) is 22.8 Å². The van der Waals surface area contributed by atoms with Gasteiger partial charge in [0.15, 0.2) is 5.15 Å². The average molecular weight is 297 g/mol. The minimum Gasteiger partial charge on any atom is -0.481 e. The molecule has 1 aliphatic heterocycles. The number of rotatable bonds is 3. The van der Waals surface area contributed by atoms with Crippen molar-refractivity contribution in [3.63, 3.8) is 0 Å². The molecule has 2 aromatic rings. The summed E-state index contributed by atoms with van der Waals surface area (Å²) in [6.07, 6.45) is 1.88. The molecule has 1 unspecified atom stereocenters. The molecule has 0 aromatic carbocycles. The summed E-state index contributed by atoms with van der Waals surface area (Å²) in [4.78, 5) is 16.7. The molecular weight excluding hydrogens is 284 g/mol. The lowest BCUT2D eigenvalue weighted by Crippen LogP contribution is -2.26. The summed E-state index contributed by atoms with van der Waals surface area (Å²) in [7, 11) is 0. The largest absolute Gasteiger partial charge is 0.481 e. The number of aromatic nitrogens is 2. The normalized spacial score (nSPS) is 18.3. The van der Waals surface area contributed by atoms with Crippen molar-refractivity contribution in [1.82, 2.24) is 9.55 Å². The zero-order valence-electron chi connectivity index (χ0n) is 10.2. The fraction of sp³-hybridized carbons (Fsp3) is 0.385. The number of thiophene rings is 1. The van der Waals surface area contributed by atoms with E-state index in [9.17, 15) is 4.79 Å². The molecule has 1 N–H and O–H groups in total. The van der Waals surface area contributed by atoms with Crippen LogP contribution in [0.3, 0.4) is 0 Å². The Bertz CT molecular complexity index is 606. The second-order valence-electron chi connectivity index (χ2n) is 4.70. The van der Waals surface area contributed by atoms with Gasteiger partial charge in [-0.2, -0.15) is 0 Å². The Morgan fingerprint density at radius 1 is 1.63 bits per heavy atom. The summed E-state index contributed by atoms with van der Waals surface area (Å²) in [5, 5.41) is 11.6. The molecule has 1 atom stereocenters. The quantitative estimate of drug-likeness (QED) is 0.947. The first-order valence-electron chi connectivity index (χ1n) is 6.14. The zero-order chi connectivity index (χ0) is 13.4. The highest BCUT2D eigenvalue weighted by atomic mass is 35.5. The van der Waals surface area contributed by atoms with Gasteiger partial charge in [-0.05, 0) is 17.9 Å². The number of carboxylic acids is 1. The number of halogens is 1. The summed E-state index contributed by atoms with van der Waals surface area (Å²) in [5.41, 5.74) is 0.867. The van der Waals surface area contributed by atoms with Gasteiger partial charge in [-0.25, -0.2) is 4.98 Å². The van der Waals surface area contributed by atoms with Crippen molar-refractivity contribution in [2.75, 3.05) is 0 Å². The number of fused-ring (bicyclic) bond motifs is 1. The lowest BCUT2D eigenvalue weighted by atomic mass is 9.96. The van der Waals surface area contributed by atoms with Gasteiger partial charge in [-0.15, -0.1) is 11.3 Å². The third-order valence-electron chi connectivity index (χ3n) is 3.51. The number of aliphatic carboxylic acids is 1. The Morgan fingerprint density at radius 3 is 3.16 bits per heavy atom. The smallest absolute Gasteiger partial charge is 0.306 e. The van der Waals surface area contributed by atoms with Crippen LogP contribution in [-0.4, -0.2) is 20.6 Å². The van der Waals surface area contributed by atoms with Crippen molar-refractivity contribution in [3.8, 4) is 0 Å². The number of nitrogens with zero attached hydrogens (tertiary/aromatic N) is 2. The number of imidazole rings is 1. The minimum absolute atomic E-state index is 0.337. The van der Waals surface area contributed by atoms with Gasteiger partial charge < -0.3 is 9.67 Å². The predicted molar refractivity (Wildman–Crippen MR) is 73.8 cm³/mol. The summed E-state index contributed by atoms with van der Waals surface area (Å²) in [6.45, 7) is 0.687. The van der Waals surface area contributed by atoms with Crippen molar-refractivity contribution >= 4 is 28.9 Å². The second-order valence-corrected chi connectivity index (χ2v) is 6.09. The van der Waals surface area contributed by atoms with Gasteiger partial charge in [0, 0.05) is 24.3 Å². The summed E-state index contributed by atoms with van der Waals surface area (Å²) in [5.74, 6) is -0.147. The van der Waals surface area contributed by atoms with Crippen LogP contribution in [0.25, 0.3) is 0 Å². The Labute approximate surface area is 119 Å². The third kappa shape index (κ3) is 2.40. The van der Waals surface area contributed by atoms with Gasteiger partial charge >= 0.3 is 5.97 Å². The molecule has 100 valence electrons. The minimum atomic E-state index is -0.747. The van der Waals surface area contributed by atoms with Gasteiger partial charge in [0.25, 0.3) is 0 Å². The topological polar surface area (TPSA) is 55.1 Å². The van der Waals surface area contributed by atoms with Gasteiger partial charge in [-0.1, -0.05) is 17.7 Å². The first-order chi connectivity index (χ1) is 9.15. The molecule has 6 heteroatoms. The summed E-state index contributed by atoms with van der Waals surface area (Å²) < 4.78 is 2.08. The molecule has 0 spiro atoms. The maximum absolute atomic E-state index is 11.1. The van der Waals surface area contributed by atoms with Crippen LogP contribution in [0, 0.1) is 5.92 Å². The zero-order valence-corrected chi connectivity index (χ0v) is 11.7. The van der Waals surface area contributed by atoms with Crippen molar-refractivity contribution in [1.29, 1.82) is 0 Å². The van der Waals surface area contributed by atoms with Crippen LogP contribution < -0.4 is 0 Å². The van der Waals surface area contributed by atoms with Crippen LogP contribution in [0.2, 0.25) is 5.15 Å². The van der Waals surface area contributed by atoms with E-state index in [0.29, 0.717) is 24.5 Å². The maximum Gasteiger partial charge on any atom is 0.306 e. The van der Waals surface area contributed by atoms with Gasteiger partial charge in [0.1, 0.15) is 5.82 Å². The summed E-state index contributed by atoms with van der Waals surface area (Å²) in [6, 6.07) is 4.09. The number of carbonyl (C=O) groups is 1. The highest BCUT2D eigenvalue weighted by Gasteiger charge is 2.28. The van der Waals surface area contributed by atoms with Crippen LogP contribution in [0.4, 0.5) is 0 Å². The molecule has 0 fully saturated rings. The molecule has 0 amide bonds. The van der Waals surface area contributed by atoms with Crippen LogP contribution >= 0.6 is 22.9 Å². The first kappa shape index (κ1) is 12.7. The van der Waals surface area contributed by atoms with E-state index in [1.54, 1.807) is 11.3 Å². The molecule has 0 radical (unpaired) electrons. The van der Waals surface area contributed by atoms with Crippen molar-refractivity contribution in [2.24, 2.45) is 5.92 Å². The molecule has 3 rings (SSSR count). The van der Waals surface area contributed by atoms with E-state index in [1.807, 2.05) is 11.4 Å². The predicted octanol–water partition coefficient (Wildman–Crippen LogP) is 2.84. The van der Waals surface area contributed by atoms with E-state index in [-0.39, 0.29) is 5.92 Å². The second kappa shape index (κ2) is 4.98. The molecule has 0 aliphatic carbocycles. The van der Waals surface area contributed by atoms with Gasteiger partial charge in [0.05, 0.1) is 11.6 Å². The van der Waals surface area contributed by atoms with E-state index in [0.717, 1.165) is 17.9 Å². The molecule has 0 saturated heterocycles. The SMILES string of the molecule is O=C(O)C1CCn2c(Cc3cccs3)nc(Cl)c2C1. The van der Waals surface area contributed by atoms with Crippen LogP contribution in [0.15, 0.2) is 17.5 Å². The molecule has 19 heavy (non-hydrogen) atoms. The summed E-state index contributed by atoms with van der Waals surface area (Å²) >= 11 is 7.84. The lowest BCUT2D eigenvalue weighted by Gasteiger charge is -2.22. The third-order valence-corrected chi connectivity index (χ3v) is 4.68. The van der Waals surface area contributed by atoms with E-state index >= 15 is 0 Å². The van der Waals surface area contributed by atoms with Crippen molar-refractivity contribution in [2.45, 2.75) is 25.8 Å². The maximum atomic E-state index is 11.1.